The second-order valence-corrected chi connectivity index (χ2v) is 9.04. The van der Waals surface area contributed by atoms with Crippen molar-refractivity contribution < 1.29 is 44.1 Å². The highest BCUT2D eigenvalue weighted by atomic mass is 32.2. The van der Waals surface area contributed by atoms with Crippen molar-refractivity contribution in [2.45, 2.75) is 75.5 Å². The fourth-order valence-corrected chi connectivity index (χ4v) is 3.50. The van der Waals surface area contributed by atoms with Crippen LogP contribution in [0.15, 0.2) is 0 Å². The summed E-state index contributed by atoms with van der Waals surface area (Å²) in [5, 5.41) is 34.1. The zero-order valence-corrected chi connectivity index (χ0v) is 21.1. The molecule has 0 aliphatic heterocycles. The van der Waals surface area contributed by atoms with Crippen molar-refractivity contribution in [3.63, 3.8) is 0 Å². The molecule has 36 heavy (non-hydrogen) atoms. The average molecular weight is 536 g/mol. The van der Waals surface area contributed by atoms with Crippen LogP contribution in [0.1, 0.15) is 51.4 Å². The van der Waals surface area contributed by atoms with E-state index in [1.165, 1.54) is 11.8 Å². The Labute approximate surface area is 213 Å². The van der Waals surface area contributed by atoms with E-state index < -0.39 is 66.2 Å². The Hall–Kier alpha value is -2.91. The molecule has 0 radical (unpaired) electrons. The smallest absolute Gasteiger partial charge is 0.326 e. The molecule has 0 aromatic carbocycles. The molecule has 0 heterocycles. The van der Waals surface area contributed by atoms with E-state index in [4.69, 9.17) is 21.7 Å². The molecular formula is C21H37N5O9S. The highest BCUT2D eigenvalue weighted by Crippen LogP contribution is 2.07. The van der Waals surface area contributed by atoms with Crippen molar-refractivity contribution >= 4 is 47.4 Å². The van der Waals surface area contributed by atoms with Crippen LogP contribution in [0.2, 0.25) is 0 Å². The topological polar surface area (TPSA) is 251 Å². The molecule has 0 aromatic heterocycles. The first kappa shape index (κ1) is 33.1. The van der Waals surface area contributed by atoms with Gasteiger partial charge in [0.25, 0.3) is 0 Å². The van der Waals surface area contributed by atoms with Crippen LogP contribution in [-0.4, -0.2) is 93.7 Å². The summed E-state index contributed by atoms with van der Waals surface area (Å²) in [7, 11) is 0. The monoisotopic (exact) mass is 535 g/mol. The Balaban J connectivity index is 5.46. The second kappa shape index (κ2) is 18.4. The first-order valence-electron chi connectivity index (χ1n) is 11.4. The van der Waals surface area contributed by atoms with Gasteiger partial charge in [0, 0.05) is 12.8 Å². The summed E-state index contributed by atoms with van der Waals surface area (Å²) in [6, 6.07) is -4.86. The van der Waals surface area contributed by atoms with Gasteiger partial charge in [-0.1, -0.05) is 0 Å². The van der Waals surface area contributed by atoms with Crippen molar-refractivity contribution in [3.05, 3.63) is 0 Å². The van der Waals surface area contributed by atoms with Gasteiger partial charge in [-0.05, 0) is 57.1 Å². The minimum absolute atomic E-state index is 0.135. The SMILES string of the molecule is CSCCC(NC(=O)C(CCCCN)NC(=O)C(N)CCC(=O)O)C(=O)NC(CCC(=O)O)C(=O)O. The van der Waals surface area contributed by atoms with E-state index in [1.807, 2.05) is 0 Å². The number of thioether (sulfide) groups is 1. The first-order chi connectivity index (χ1) is 16.9. The molecule has 15 heteroatoms. The molecule has 0 fully saturated rings. The quantitative estimate of drug-likeness (QED) is 0.0826. The third kappa shape index (κ3) is 14.5. The number of aliphatic carboxylic acids is 3. The fraction of sp³-hybridized carbons (Fsp3) is 0.714. The van der Waals surface area contributed by atoms with Crippen LogP contribution in [0.25, 0.3) is 0 Å². The van der Waals surface area contributed by atoms with Gasteiger partial charge in [-0.25, -0.2) is 4.79 Å². The maximum atomic E-state index is 13.0. The number of carbonyl (C=O) groups is 6. The Kier molecular flexibility index (Phi) is 16.9. The van der Waals surface area contributed by atoms with Crippen molar-refractivity contribution in [2.24, 2.45) is 11.5 Å². The molecule has 0 saturated heterocycles. The molecular weight excluding hydrogens is 498 g/mol. The van der Waals surface area contributed by atoms with Crippen molar-refractivity contribution in [2.75, 3.05) is 18.6 Å². The van der Waals surface area contributed by atoms with Crippen LogP contribution in [0.5, 0.6) is 0 Å². The third-order valence-corrected chi connectivity index (χ3v) is 5.73. The number of amides is 3. The largest absolute Gasteiger partial charge is 0.481 e. The molecule has 0 saturated carbocycles. The minimum atomic E-state index is -1.46. The van der Waals surface area contributed by atoms with E-state index in [1.54, 1.807) is 6.26 Å². The number of rotatable bonds is 20. The number of unbranched alkanes of at least 4 members (excludes halogenated alkanes) is 1. The number of nitrogens with one attached hydrogen (secondary N) is 3. The van der Waals surface area contributed by atoms with Gasteiger partial charge < -0.3 is 42.7 Å². The molecule has 14 nitrogen and oxygen atoms in total. The first-order valence-corrected chi connectivity index (χ1v) is 12.8. The highest BCUT2D eigenvalue weighted by molar-refractivity contribution is 7.98. The minimum Gasteiger partial charge on any atom is -0.481 e. The van der Waals surface area contributed by atoms with Crippen LogP contribution in [-0.2, 0) is 28.8 Å². The lowest BCUT2D eigenvalue weighted by Gasteiger charge is -2.25. The lowest BCUT2D eigenvalue weighted by atomic mass is 10.1. The lowest BCUT2D eigenvalue weighted by molar-refractivity contribution is -0.143. The van der Waals surface area contributed by atoms with Crippen LogP contribution in [0.4, 0.5) is 0 Å². The predicted octanol–water partition coefficient (Wildman–Crippen LogP) is -1.54. The van der Waals surface area contributed by atoms with Gasteiger partial charge >= 0.3 is 17.9 Å². The Morgan fingerprint density at radius 3 is 1.72 bits per heavy atom. The summed E-state index contributed by atoms with van der Waals surface area (Å²) in [6.45, 7) is 0.353. The van der Waals surface area contributed by atoms with Gasteiger partial charge in [0.05, 0.1) is 6.04 Å². The van der Waals surface area contributed by atoms with E-state index in [2.05, 4.69) is 16.0 Å². The molecule has 0 bridgehead atoms. The Morgan fingerprint density at radius 2 is 1.22 bits per heavy atom. The normalized spacial score (nSPS) is 14.1. The molecule has 3 amide bonds. The predicted molar refractivity (Wildman–Crippen MR) is 131 cm³/mol. The Morgan fingerprint density at radius 1 is 0.722 bits per heavy atom. The van der Waals surface area contributed by atoms with E-state index in [0.717, 1.165) is 0 Å². The molecule has 0 rings (SSSR count). The van der Waals surface area contributed by atoms with Gasteiger partial charge in [-0.2, -0.15) is 11.8 Å². The van der Waals surface area contributed by atoms with Crippen LogP contribution >= 0.6 is 11.8 Å². The number of carbonyl (C=O) groups excluding carboxylic acids is 3. The second-order valence-electron chi connectivity index (χ2n) is 8.06. The molecule has 4 unspecified atom stereocenters. The van der Waals surface area contributed by atoms with Crippen molar-refractivity contribution in [3.8, 4) is 0 Å². The standard InChI is InChI=1S/C21H37N5O9S/c1-36-11-9-14(20(33)26-15(21(34)35)6-8-17(29)30)25-19(32)13(4-2-3-10-22)24-18(31)12(23)5-7-16(27)28/h12-15H,2-11,22-23H2,1H3,(H,24,31)(H,25,32)(H,26,33)(H,27,28)(H,29,30)(H,34,35). The van der Waals surface area contributed by atoms with Crippen LogP contribution < -0.4 is 27.4 Å². The molecule has 0 aromatic rings. The summed E-state index contributed by atoms with van der Waals surface area (Å²) < 4.78 is 0. The number of nitrogens with two attached hydrogens (primary N) is 2. The maximum Gasteiger partial charge on any atom is 0.326 e. The summed E-state index contributed by atoms with van der Waals surface area (Å²) >= 11 is 1.39. The van der Waals surface area contributed by atoms with E-state index >= 15 is 0 Å². The van der Waals surface area contributed by atoms with Gasteiger partial charge in [-0.3, -0.25) is 24.0 Å². The fourth-order valence-electron chi connectivity index (χ4n) is 3.02. The van der Waals surface area contributed by atoms with Crippen LogP contribution in [0, 0.1) is 0 Å². The summed E-state index contributed by atoms with van der Waals surface area (Å²) in [5.41, 5.74) is 11.2. The molecule has 4 atom stereocenters. The van der Waals surface area contributed by atoms with Gasteiger partial charge in [0.2, 0.25) is 17.7 Å². The van der Waals surface area contributed by atoms with E-state index in [0.29, 0.717) is 25.1 Å². The van der Waals surface area contributed by atoms with E-state index in [9.17, 15) is 33.9 Å². The highest BCUT2D eigenvalue weighted by Gasteiger charge is 2.30. The summed E-state index contributed by atoms with van der Waals surface area (Å²) in [6.07, 6.45) is 1.84. The van der Waals surface area contributed by atoms with Gasteiger partial charge in [0.1, 0.15) is 18.1 Å². The van der Waals surface area contributed by atoms with Crippen LogP contribution in [0.3, 0.4) is 0 Å². The molecule has 10 N–H and O–H groups in total. The number of carboxylic acids is 3. The van der Waals surface area contributed by atoms with Crippen molar-refractivity contribution in [1.29, 1.82) is 0 Å². The van der Waals surface area contributed by atoms with Gasteiger partial charge in [-0.15, -0.1) is 0 Å². The summed E-state index contributed by atoms with van der Waals surface area (Å²) in [5.74, 6) is -5.56. The number of carboxylic acid groups (broad SMARTS) is 3. The van der Waals surface area contributed by atoms with Gasteiger partial charge in [0.15, 0.2) is 0 Å². The maximum absolute atomic E-state index is 13.0. The zero-order chi connectivity index (χ0) is 27.7. The number of hydrogen-bond acceptors (Lipinski definition) is 9. The molecule has 0 spiro atoms. The molecule has 0 aliphatic carbocycles. The zero-order valence-electron chi connectivity index (χ0n) is 20.2. The number of hydrogen-bond donors (Lipinski definition) is 8. The molecule has 206 valence electrons. The molecule has 0 aliphatic rings. The summed E-state index contributed by atoms with van der Waals surface area (Å²) in [4.78, 5) is 71.1. The van der Waals surface area contributed by atoms with E-state index in [-0.39, 0.29) is 32.1 Å². The third-order valence-electron chi connectivity index (χ3n) is 5.09. The average Bonchev–Trinajstić information content (AvgIpc) is 2.81. The van der Waals surface area contributed by atoms with Crippen molar-refractivity contribution in [1.82, 2.24) is 16.0 Å². The Bertz CT molecular complexity index is 768. The lowest BCUT2D eigenvalue weighted by Crippen LogP contribution is -2.57.